The quantitative estimate of drug-likeness (QED) is 0.121. The Morgan fingerprint density at radius 3 is 2.35 bits per heavy atom. The second kappa shape index (κ2) is 11.6. The van der Waals surface area contributed by atoms with Crippen LogP contribution in [0.5, 0.6) is 23.0 Å². The van der Waals surface area contributed by atoms with Gasteiger partial charge in [-0.15, -0.1) is 0 Å². The number of carboxylic acids is 1. The zero-order valence-corrected chi connectivity index (χ0v) is 24.1. The van der Waals surface area contributed by atoms with Gasteiger partial charge in [-0.3, -0.25) is 4.79 Å². The number of aliphatic hydroxyl groups is 3. The number of hydrogen-bond donors (Lipinski definition) is 8. The Bertz CT molecular complexity index is 2040. The summed E-state index contributed by atoms with van der Waals surface area (Å²) in [6.45, 7) is -0.507. The van der Waals surface area contributed by atoms with Gasteiger partial charge in [-0.2, -0.15) is 0 Å². The molecule has 46 heavy (non-hydrogen) atoms. The van der Waals surface area contributed by atoms with E-state index in [-0.39, 0.29) is 17.1 Å². The lowest BCUT2D eigenvalue weighted by atomic mass is 9.86. The number of nitrogens with one attached hydrogen (secondary N) is 1. The van der Waals surface area contributed by atoms with Gasteiger partial charge in [0.25, 0.3) is 0 Å². The van der Waals surface area contributed by atoms with Crippen LogP contribution < -0.4 is 15.5 Å². The Labute approximate surface area is 259 Å². The first-order chi connectivity index (χ1) is 21.9. The van der Waals surface area contributed by atoms with Crippen LogP contribution >= 0.6 is 0 Å². The lowest BCUT2D eigenvalue weighted by Crippen LogP contribution is -2.71. The largest absolute Gasteiger partial charge is 0.508 e. The summed E-state index contributed by atoms with van der Waals surface area (Å²) in [4.78, 5) is 25.4. The standard InChI is InChI=1S/C33H29NO12/c1-34-14-33(32(42)43)30(41)28(39)29(40)31(46-33)45-24-13-23-25(27(38)26(24)37)21(36)12-22(44-23)19-9-8-18(35)11-20(19)17-7-6-15-4-2-3-5-16(15)10-17/h2-13,28-31,34-35,37-41H,14H2,1H3,(H,42,43). The number of phenolic OH excluding ortho intramolecular Hbond substituents is 3. The molecule has 5 unspecified atom stereocenters. The topological polar surface area (TPSA) is 219 Å². The first-order valence-corrected chi connectivity index (χ1v) is 14.1. The number of ether oxygens (including phenoxy) is 2. The minimum atomic E-state index is -2.47. The molecule has 0 aliphatic carbocycles. The average molecular weight is 632 g/mol. The van der Waals surface area contributed by atoms with Crippen LogP contribution in [-0.4, -0.2) is 85.5 Å². The molecule has 1 aliphatic rings. The van der Waals surface area contributed by atoms with E-state index < -0.39 is 70.8 Å². The van der Waals surface area contributed by atoms with Crippen molar-refractivity contribution in [1.82, 2.24) is 5.32 Å². The number of aromatic hydroxyl groups is 3. The first kappa shape index (κ1) is 30.8. The van der Waals surface area contributed by atoms with Crippen molar-refractivity contribution in [3.63, 3.8) is 0 Å². The van der Waals surface area contributed by atoms with Crippen molar-refractivity contribution < 1.29 is 54.4 Å². The first-order valence-electron chi connectivity index (χ1n) is 14.1. The van der Waals surface area contributed by atoms with Gasteiger partial charge in [0.05, 0.1) is 0 Å². The number of hydrogen-bond acceptors (Lipinski definition) is 12. The van der Waals surface area contributed by atoms with Crippen molar-refractivity contribution in [1.29, 1.82) is 0 Å². The van der Waals surface area contributed by atoms with Crippen molar-refractivity contribution in [2.45, 2.75) is 30.2 Å². The summed E-state index contributed by atoms with van der Waals surface area (Å²) >= 11 is 0. The SMILES string of the molecule is CNCC1(C(=O)O)OC(Oc2cc3oc(-c4ccc(O)cc4-c4ccc5ccccc5c4)cc(=O)c3c(O)c2O)C(O)C(O)C1O. The number of phenols is 3. The lowest BCUT2D eigenvalue weighted by Gasteiger charge is -2.45. The van der Waals surface area contributed by atoms with Crippen LogP contribution in [-0.2, 0) is 9.53 Å². The fourth-order valence-electron chi connectivity index (χ4n) is 5.69. The number of aliphatic hydroxyl groups excluding tert-OH is 3. The monoisotopic (exact) mass is 631 g/mol. The Morgan fingerprint density at radius 1 is 0.891 bits per heavy atom. The zero-order chi connectivity index (χ0) is 32.9. The molecule has 238 valence electrons. The van der Waals surface area contributed by atoms with Gasteiger partial charge in [-0.25, -0.2) is 4.79 Å². The summed E-state index contributed by atoms with van der Waals surface area (Å²) in [6, 6.07) is 20.0. The molecule has 0 radical (unpaired) electrons. The van der Waals surface area contributed by atoms with Gasteiger partial charge in [0.1, 0.15) is 40.8 Å². The molecular weight excluding hydrogens is 602 g/mol. The van der Waals surface area contributed by atoms with Crippen LogP contribution in [0.4, 0.5) is 0 Å². The fourth-order valence-corrected chi connectivity index (χ4v) is 5.69. The molecule has 0 amide bonds. The second-order valence-electron chi connectivity index (χ2n) is 11.0. The Balaban J connectivity index is 1.45. The Hall–Kier alpha value is -5.18. The molecule has 6 rings (SSSR count). The number of carboxylic acid groups (broad SMARTS) is 1. The van der Waals surface area contributed by atoms with Gasteiger partial charge >= 0.3 is 5.97 Å². The maximum atomic E-state index is 13.3. The van der Waals surface area contributed by atoms with Crippen molar-refractivity contribution in [3.05, 3.63) is 83.0 Å². The number of aliphatic carboxylic acids is 1. The molecule has 8 N–H and O–H groups in total. The molecule has 13 heteroatoms. The van der Waals surface area contributed by atoms with E-state index in [0.29, 0.717) is 16.7 Å². The molecule has 1 aliphatic heterocycles. The van der Waals surface area contributed by atoms with Crippen molar-refractivity contribution >= 4 is 27.7 Å². The summed E-state index contributed by atoms with van der Waals surface area (Å²) in [7, 11) is 1.38. The van der Waals surface area contributed by atoms with E-state index in [2.05, 4.69) is 5.32 Å². The lowest BCUT2D eigenvalue weighted by molar-refractivity contribution is -0.305. The Morgan fingerprint density at radius 2 is 1.63 bits per heavy atom. The van der Waals surface area contributed by atoms with Gasteiger partial charge in [0.15, 0.2) is 16.9 Å². The van der Waals surface area contributed by atoms with Crippen LogP contribution in [0.3, 0.4) is 0 Å². The van der Waals surface area contributed by atoms with E-state index >= 15 is 0 Å². The third-order valence-corrected chi connectivity index (χ3v) is 8.06. The van der Waals surface area contributed by atoms with Gasteiger partial charge in [-0.05, 0) is 53.2 Å². The maximum absolute atomic E-state index is 13.3. The highest BCUT2D eigenvalue weighted by Gasteiger charge is 2.59. The fraction of sp³-hybridized carbons (Fsp3) is 0.212. The maximum Gasteiger partial charge on any atom is 0.340 e. The number of likely N-dealkylation sites (N-methyl/N-ethyl adjacent to an activating group) is 1. The molecule has 4 aromatic carbocycles. The second-order valence-corrected chi connectivity index (χ2v) is 11.0. The molecular formula is C33H29NO12. The van der Waals surface area contributed by atoms with Gasteiger partial charge in [0, 0.05) is 24.2 Å². The molecule has 2 heterocycles. The molecule has 0 spiro atoms. The predicted molar refractivity (Wildman–Crippen MR) is 164 cm³/mol. The van der Waals surface area contributed by atoms with Crippen LogP contribution in [0.1, 0.15) is 0 Å². The molecule has 13 nitrogen and oxygen atoms in total. The van der Waals surface area contributed by atoms with Crippen LogP contribution in [0, 0.1) is 0 Å². The molecule has 1 saturated heterocycles. The van der Waals surface area contributed by atoms with Crippen LogP contribution in [0.15, 0.2) is 82.0 Å². The summed E-state index contributed by atoms with van der Waals surface area (Å²) in [5, 5.41) is 77.2. The normalized spacial score (nSPS) is 23.0. The molecule has 1 fully saturated rings. The van der Waals surface area contributed by atoms with E-state index in [4.69, 9.17) is 13.9 Å². The van der Waals surface area contributed by atoms with Crippen molar-refractivity contribution in [2.75, 3.05) is 13.6 Å². The molecule has 5 atom stereocenters. The Kier molecular flexibility index (Phi) is 7.80. The highest BCUT2D eigenvalue weighted by molar-refractivity contribution is 5.93. The molecule has 0 bridgehead atoms. The smallest absolute Gasteiger partial charge is 0.340 e. The zero-order valence-electron chi connectivity index (χ0n) is 24.1. The van der Waals surface area contributed by atoms with Crippen molar-refractivity contribution in [3.8, 4) is 45.4 Å². The third-order valence-electron chi connectivity index (χ3n) is 8.06. The van der Waals surface area contributed by atoms with Gasteiger partial charge in [0.2, 0.25) is 17.6 Å². The number of carbonyl (C=O) groups is 1. The average Bonchev–Trinajstić information content (AvgIpc) is 3.04. The van der Waals surface area contributed by atoms with E-state index in [9.17, 15) is 45.3 Å². The predicted octanol–water partition coefficient (Wildman–Crippen LogP) is 2.26. The van der Waals surface area contributed by atoms with Crippen LogP contribution in [0.2, 0.25) is 0 Å². The van der Waals surface area contributed by atoms with E-state index in [1.54, 1.807) is 6.07 Å². The third kappa shape index (κ3) is 5.05. The summed E-state index contributed by atoms with van der Waals surface area (Å²) < 4.78 is 17.0. The molecule has 0 saturated carbocycles. The van der Waals surface area contributed by atoms with E-state index in [1.165, 1.54) is 19.2 Å². The molecule has 5 aromatic rings. The van der Waals surface area contributed by atoms with E-state index in [0.717, 1.165) is 22.9 Å². The summed E-state index contributed by atoms with van der Waals surface area (Å²) in [5.74, 6) is -4.17. The van der Waals surface area contributed by atoms with Gasteiger partial charge < -0.3 is 55.0 Å². The summed E-state index contributed by atoms with van der Waals surface area (Å²) in [5.41, 5.74) is -1.84. The highest BCUT2D eigenvalue weighted by atomic mass is 16.7. The molecule has 1 aromatic heterocycles. The van der Waals surface area contributed by atoms with E-state index in [1.807, 2.05) is 42.5 Å². The minimum absolute atomic E-state index is 0.0307. The summed E-state index contributed by atoms with van der Waals surface area (Å²) in [6.07, 6.45) is -8.10. The van der Waals surface area contributed by atoms with Crippen molar-refractivity contribution in [2.24, 2.45) is 0 Å². The van der Waals surface area contributed by atoms with Gasteiger partial charge in [-0.1, -0.05) is 36.4 Å². The van der Waals surface area contributed by atoms with Crippen LogP contribution in [0.25, 0.3) is 44.2 Å². The number of rotatable bonds is 7. The number of fused-ring (bicyclic) bond motifs is 2. The number of benzene rings is 4. The highest BCUT2D eigenvalue weighted by Crippen LogP contribution is 2.44. The minimum Gasteiger partial charge on any atom is -0.508 e.